The van der Waals surface area contributed by atoms with Gasteiger partial charge in [-0.2, -0.15) is 0 Å². The molecule has 0 bridgehead atoms. The Morgan fingerprint density at radius 1 is 0.577 bits per heavy atom. The summed E-state index contributed by atoms with van der Waals surface area (Å²) in [4.78, 5) is 0. The molecular weight excluding hydrogens is 880 g/mol. The van der Waals surface area contributed by atoms with Gasteiger partial charge in [0.05, 0.1) is 0 Å². The second-order valence-corrected chi connectivity index (χ2v) is 45.9. The molecule has 0 aliphatic heterocycles. The van der Waals surface area contributed by atoms with Gasteiger partial charge in [-0.15, -0.1) is 0 Å². The fourth-order valence-electron chi connectivity index (χ4n) is 8.47. The third-order valence-corrected chi connectivity index (χ3v) is 38.8. The molecule has 0 aromatic heterocycles. The van der Waals surface area contributed by atoms with Gasteiger partial charge < -0.3 is 0 Å². The van der Waals surface area contributed by atoms with E-state index in [-0.39, 0.29) is 25.2 Å². The molecule has 0 nitrogen and oxygen atoms in total. The number of hydrogen-bond acceptors (Lipinski definition) is 0. The van der Waals surface area contributed by atoms with Crippen molar-refractivity contribution in [1.82, 2.24) is 0 Å². The Hall–Kier alpha value is -2.74. The normalized spacial score (nSPS) is 15.7. The number of fused-ring (bicyclic) bond motifs is 3. The topological polar surface area (TPSA) is 0 Å². The van der Waals surface area contributed by atoms with Gasteiger partial charge >= 0.3 is 312 Å². The van der Waals surface area contributed by atoms with E-state index in [9.17, 15) is 26.3 Å². The summed E-state index contributed by atoms with van der Waals surface area (Å²) >= 11 is -6.47. The maximum absolute atomic E-state index is 14.4. The van der Waals surface area contributed by atoms with Crippen molar-refractivity contribution in [1.29, 1.82) is 0 Å². The molecule has 0 unspecified atom stereocenters. The van der Waals surface area contributed by atoms with Crippen LogP contribution in [0, 0.1) is 13.8 Å². The first-order chi connectivity index (χ1) is 23.8. The molecule has 0 spiro atoms. The molecule has 52 heavy (non-hydrogen) atoms. The number of halogens is 8. The van der Waals surface area contributed by atoms with E-state index in [1.54, 1.807) is 12.2 Å². The van der Waals surface area contributed by atoms with Crippen molar-refractivity contribution < 1.29 is 42.0 Å². The van der Waals surface area contributed by atoms with E-state index in [0.717, 1.165) is 68.8 Å². The first-order valence-corrected chi connectivity index (χ1v) is 32.1. The fraction of sp³-hybridized carbons (Fsp3) is 0.326. The molecule has 2 aliphatic carbocycles. The van der Waals surface area contributed by atoms with Gasteiger partial charge in [-0.05, 0) is 0 Å². The molecule has 0 amide bonds. The third-order valence-electron chi connectivity index (χ3n) is 10.6. The molecule has 0 saturated carbocycles. The van der Waals surface area contributed by atoms with Crippen molar-refractivity contribution in [2.45, 2.75) is 85.9 Å². The maximum atomic E-state index is 14.4. The van der Waals surface area contributed by atoms with Crippen molar-refractivity contribution in [2.24, 2.45) is 0 Å². The molecule has 274 valence electrons. The van der Waals surface area contributed by atoms with Crippen LogP contribution in [0.2, 0.25) is 3.67 Å². The number of benzene rings is 4. The Bertz CT molecular complexity index is 2090. The molecule has 6 rings (SSSR count). The van der Waals surface area contributed by atoms with Crippen molar-refractivity contribution in [3.8, 4) is 11.1 Å². The molecule has 0 atom stereocenters. The van der Waals surface area contributed by atoms with Crippen LogP contribution in [0.5, 0.6) is 0 Å². The number of alkyl halides is 6. The van der Waals surface area contributed by atoms with E-state index >= 15 is 0 Å². The first kappa shape index (κ1) is 39.0. The van der Waals surface area contributed by atoms with Gasteiger partial charge in [0.25, 0.3) is 0 Å². The van der Waals surface area contributed by atoms with Crippen LogP contribution in [0.15, 0.2) is 97.1 Å². The van der Waals surface area contributed by atoms with Crippen molar-refractivity contribution in [3.63, 3.8) is 0 Å². The Balaban J connectivity index is 1.89. The van der Waals surface area contributed by atoms with Crippen molar-refractivity contribution >= 4 is 20.4 Å². The number of hydrogen-bond donors (Lipinski definition) is 0. The van der Waals surface area contributed by atoms with E-state index in [4.69, 9.17) is 17.2 Å². The summed E-state index contributed by atoms with van der Waals surface area (Å²) in [5.41, 5.74) is 5.59. The summed E-state index contributed by atoms with van der Waals surface area (Å²) in [5.74, 6) is 0. The summed E-state index contributed by atoms with van der Waals surface area (Å²) in [6.07, 6.45) is -2.11. The zero-order chi connectivity index (χ0) is 38.4. The minimum atomic E-state index is -6.47. The Morgan fingerprint density at radius 2 is 0.962 bits per heavy atom. The molecule has 0 saturated heterocycles. The van der Waals surface area contributed by atoms with Crippen LogP contribution in [-0.2, 0) is 38.8 Å². The fourth-order valence-corrected chi connectivity index (χ4v) is 36.1. The van der Waals surface area contributed by atoms with E-state index in [2.05, 4.69) is 65.8 Å². The molecule has 0 radical (unpaired) electrons. The van der Waals surface area contributed by atoms with Crippen LogP contribution in [0.3, 0.4) is 0 Å². The van der Waals surface area contributed by atoms with Crippen molar-refractivity contribution in [3.05, 3.63) is 153 Å². The number of aryl methyl sites for hydroxylation is 2. The first-order valence-electron chi connectivity index (χ1n) is 17.3. The Morgan fingerprint density at radius 3 is 1.31 bits per heavy atom. The van der Waals surface area contributed by atoms with E-state index in [0.29, 0.717) is 0 Å². The third kappa shape index (κ3) is 6.55. The van der Waals surface area contributed by atoms with Gasteiger partial charge in [-0.25, -0.2) is 0 Å². The van der Waals surface area contributed by atoms with Gasteiger partial charge in [-0.1, -0.05) is 0 Å². The van der Waals surface area contributed by atoms with Crippen molar-refractivity contribution in [2.75, 3.05) is 0 Å². The SMILES string of the molecule is Cc1cc2c(cc1C(C)(C)C)-c1cc(C(C)(C)C)c(C)cc1[CH]2[Hf]([Cl])([Cl])(=[C](c1cccc(C(F)(F)F)c1)c1cccc(C(F)(F)F)c1)[CH]1C=CC=C1. The van der Waals surface area contributed by atoms with E-state index < -0.39 is 46.5 Å². The summed E-state index contributed by atoms with van der Waals surface area (Å²) in [6.45, 7) is 16.9. The predicted octanol–water partition coefficient (Wildman–Crippen LogP) is 14.2. The number of allylic oxidation sites excluding steroid dienone is 4. The molecule has 4 aromatic rings. The summed E-state index contributed by atoms with van der Waals surface area (Å²) in [6, 6.07) is 18.0. The van der Waals surface area contributed by atoms with Gasteiger partial charge in [0.1, 0.15) is 0 Å². The minimum absolute atomic E-state index is 0.0595. The standard InChI is InChI=1S/C23H29.C15H8F6.C5H5.2ClH.Hf/c1-14-9-16-11-17-10-15(2)21(23(6,7)8)13-19(17)18(16)12-20(14)22(3,4)5;16-14(17,18)12-5-1-3-10(8-12)7-11-4-2-6-13(9-11)15(19,20)21;1-2-4-5-3-1;;;/h9-13H,1-8H3;1-6,8-9H;1-5H;2*1H;/q;;;;;+2/p-2. The van der Waals surface area contributed by atoms with Gasteiger partial charge in [0.2, 0.25) is 0 Å². The molecule has 0 N–H and O–H groups in total. The molecular formula is C43H42Cl2F6Hf. The summed E-state index contributed by atoms with van der Waals surface area (Å²) in [5, 5.41) is 0. The molecule has 2 aliphatic rings. The van der Waals surface area contributed by atoms with Crippen LogP contribution in [-0.4, -0.2) is 3.26 Å². The zero-order valence-corrected chi connectivity index (χ0v) is 35.5. The van der Waals surface area contributed by atoms with Gasteiger partial charge in [-0.3, -0.25) is 0 Å². The Kier molecular flexibility index (Phi) is 9.49. The quantitative estimate of drug-likeness (QED) is 0.141. The van der Waals surface area contributed by atoms with Crippen LogP contribution in [0.4, 0.5) is 26.3 Å². The van der Waals surface area contributed by atoms with Crippen LogP contribution in [0.25, 0.3) is 11.1 Å². The average Bonchev–Trinajstić information content (AvgIpc) is 3.66. The molecule has 0 fully saturated rings. The molecule has 9 heteroatoms. The molecule has 4 aromatic carbocycles. The van der Waals surface area contributed by atoms with Crippen LogP contribution in [0.1, 0.15) is 101 Å². The summed E-state index contributed by atoms with van der Waals surface area (Å²) < 4.78 is 85.0. The molecule has 0 heterocycles. The van der Waals surface area contributed by atoms with E-state index in [1.807, 2.05) is 26.0 Å². The second kappa shape index (κ2) is 12.7. The van der Waals surface area contributed by atoms with Gasteiger partial charge in [0, 0.05) is 0 Å². The van der Waals surface area contributed by atoms with Crippen LogP contribution < -0.4 is 0 Å². The Labute approximate surface area is 310 Å². The monoisotopic (exact) mass is 922 g/mol. The predicted molar refractivity (Wildman–Crippen MR) is 200 cm³/mol. The zero-order valence-electron chi connectivity index (χ0n) is 30.4. The van der Waals surface area contributed by atoms with E-state index in [1.165, 1.54) is 24.3 Å². The van der Waals surface area contributed by atoms with Crippen LogP contribution >= 0.6 is 17.2 Å². The van der Waals surface area contributed by atoms with Gasteiger partial charge in [0.15, 0.2) is 0 Å². The average molecular weight is 922 g/mol. The summed E-state index contributed by atoms with van der Waals surface area (Å²) in [7, 11) is 17.0. The number of rotatable bonds is 4. The second-order valence-electron chi connectivity index (χ2n) is 16.4.